The molecule has 0 saturated heterocycles. The molecular formula is C17H20OS. The highest BCUT2D eigenvalue weighted by Crippen LogP contribution is 2.20. The van der Waals surface area contributed by atoms with E-state index in [0.717, 1.165) is 12.2 Å². The Morgan fingerprint density at radius 3 is 2.37 bits per heavy atom. The molecule has 0 radical (unpaired) electrons. The molecule has 1 unspecified atom stereocenters. The predicted molar refractivity (Wildman–Crippen MR) is 82.8 cm³/mol. The third kappa shape index (κ3) is 4.41. The molecule has 0 heterocycles. The van der Waals surface area contributed by atoms with Crippen molar-refractivity contribution in [2.24, 2.45) is 0 Å². The van der Waals surface area contributed by atoms with E-state index in [1.807, 2.05) is 12.1 Å². The lowest BCUT2D eigenvalue weighted by atomic mass is 10.0. The largest absolute Gasteiger partial charge is 0.392 e. The summed E-state index contributed by atoms with van der Waals surface area (Å²) >= 11 is 1.71. The first-order valence-corrected chi connectivity index (χ1v) is 7.56. The minimum absolute atomic E-state index is 0.299. The van der Waals surface area contributed by atoms with Crippen LogP contribution in [0.3, 0.4) is 0 Å². The molecule has 19 heavy (non-hydrogen) atoms. The van der Waals surface area contributed by atoms with Gasteiger partial charge in [0.2, 0.25) is 0 Å². The van der Waals surface area contributed by atoms with E-state index >= 15 is 0 Å². The van der Waals surface area contributed by atoms with Crippen LogP contribution in [-0.4, -0.2) is 17.0 Å². The minimum atomic E-state index is -0.299. The van der Waals surface area contributed by atoms with Crippen LogP contribution in [0.5, 0.6) is 0 Å². The van der Waals surface area contributed by atoms with E-state index in [-0.39, 0.29) is 6.10 Å². The molecule has 0 amide bonds. The molecule has 2 rings (SSSR count). The van der Waals surface area contributed by atoms with Crippen LogP contribution < -0.4 is 0 Å². The van der Waals surface area contributed by atoms with Crippen molar-refractivity contribution in [1.82, 2.24) is 0 Å². The van der Waals surface area contributed by atoms with Gasteiger partial charge in [0.15, 0.2) is 0 Å². The van der Waals surface area contributed by atoms with Crippen LogP contribution in [0.4, 0.5) is 0 Å². The van der Waals surface area contributed by atoms with Gasteiger partial charge in [-0.2, -0.15) is 0 Å². The van der Waals surface area contributed by atoms with E-state index < -0.39 is 0 Å². The van der Waals surface area contributed by atoms with Crippen molar-refractivity contribution in [2.45, 2.75) is 31.3 Å². The zero-order valence-electron chi connectivity index (χ0n) is 11.5. The summed E-state index contributed by atoms with van der Waals surface area (Å²) in [7, 11) is 0. The minimum Gasteiger partial charge on any atom is -0.392 e. The Labute approximate surface area is 119 Å². The number of aliphatic hydroxyl groups excluding tert-OH is 1. The van der Waals surface area contributed by atoms with Crippen molar-refractivity contribution in [3.8, 4) is 0 Å². The lowest BCUT2D eigenvalue weighted by molar-refractivity contribution is 0.200. The SMILES string of the molecule is Cc1ccc(SCC(O)Cc2ccccc2C)cc1. The van der Waals surface area contributed by atoms with E-state index in [0.29, 0.717) is 0 Å². The van der Waals surface area contributed by atoms with Gasteiger partial charge < -0.3 is 5.11 Å². The molecule has 0 aromatic heterocycles. The molecule has 0 aliphatic rings. The highest BCUT2D eigenvalue weighted by atomic mass is 32.2. The summed E-state index contributed by atoms with van der Waals surface area (Å²) in [5.41, 5.74) is 3.76. The van der Waals surface area contributed by atoms with Crippen LogP contribution in [0.2, 0.25) is 0 Å². The molecule has 100 valence electrons. The van der Waals surface area contributed by atoms with Crippen LogP contribution in [0.25, 0.3) is 0 Å². The summed E-state index contributed by atoms with van der Waals surface area (Å²) in [6.45, 7) is 4.18. The number of aliphatic hydroxyl groups is 1. The van der Waals surface area contributed by atoms with Crippen LogP contribution in [0.1, 0.15) is 16.7 Å². The number of thioether (sulfide) groups is 1. The first-order valence-electron chi connectivity index (χ1n) is 6.57. The normalized spacial score (nSPS) is 12.4. The molecule has 0 spiro atoms. The van der Waals surface area contributed by atoms with Crippen molar-refractivity contribution in [3.05, 3.63) is 65.2 Å². The zero-order valence-corrected chi connectivity index (χ0v) is 12.3. The van der Waals surface area contributed by atoms with E-state index in [2.05, 4.69) is 50.2 Å². The third-order valence-electron chi connectivity index (χ3n) is 3.18. The fourth-order valence-electron chi connectivity index (χ4n) is 1.98. The van der Waals surface area contributed by atoms with Gasteiger partial charge in [0, 0.05) is 10.6 Å². The number of hydrogen-bond donors (Lipinski definition) is 1. The van der Waals surface area contributed by atoms with E-state index in [9.17, 15) is 5.11 Å². The summed E-state index contributed by atoms with van der Waals surface area (Å²) in [4.78, 5) is 1.22. The van der Waals surface area contributed by atoms with Gasteiger partial charge >= 0.3 is 0 Å². The molecule has 0 fully saturated rings. The predicted octanol–water partition coefficient (Wildman–Crippen LogP) is 4.00. The van der Waals surface area contributed by atoms with Crippen molar-refractivity contribution in [2.75, 3.05) is 5.75 Å². The Hall–Kier alpha value is -1.25. The average Bonchev–Trinajstić information content (AvgIpc) is 2.41. The van der Waals surface area contributed by atoms with Gasteiger partial charge in [-0.1, -0.05) is 42.0 Å². The summed E-state index contributed by atoms with van der Waals surface area (Å²) in [6, 6.07) is 16.7. The van der Waals surface area contributed by atoms with Gasteiger partial charge in [-0.15, -0.1) is 11.8 Å². The maximum absolute atomic E-state index is 10.1. The fraction of sp³-hybridized carbons (Fsp3) is 0.294. The molecule has 0 bridgehead atoms. The first kappa shape index (κ1) is 14.2. The molecule has 2 aromatic rings. The second-order valence-corrected chi connectivity index (χ2v) is 6.00. The summed E-state index contributed by atoms with van der Waals surface area (Å²) in [5.74, 6) is 0.734. The number of benzene rings is 2. The van der Waals surface area contributed by atoms with Gasteiger partial charge in [-0.25, -0.2) is 0 Å². The van der Waals surface area contributed by atoms with Gasteiger partial charge in [-0.3, -0.25) is 0 Å². The summed E-state index contributed by atoms with van der Waals surface area (Å²) < 4.78 is 0. The molecule has 0 aliphatic carbocycles. The van der Waals surface area contributed by atoms with Crippen LogP contribution >= 0.6 is 11.8 Å². The van der Waals surface area contributed by atoms with E-state index in [1.54, 1.807) is 11.8 Å². The van der Waals surface area contributed by atoms with Crippen molar-refractivity contribution >= 4 is 11.8 Å². The second-order valence-electron chi connectivity index (χ2n) is 4.91. The van der Waals surface area contributed by atoms with Crippen molar-refractivity contribution in [1.29, 1.82) is 0 Å². The second kappa shape index (κ2) is 6.78. The monoisotopic (exact) mass is 272 g/mol. The highest BCUT2D eigenvalue weighted by molar-refractivity contribution is 7.99. The van der Waals surface area contributed by atoms with Crippen LogP contribution in [-0.2, 0) is 6.42 Å². The van der Waals surface area contributed by atoms with Gasteiger partial charge in [0.25, 0.3) is 0 Å². The Morgan fingerprint density at radius 2 is 1.68 bits per heavy atom. The van der Waals surface area contributed by atoms with Crippen LogP contribution in [0.15, 0.2) is 53.4 Å². The highest BCUT2D eigenvalue weighted by Gasteiger charge is 2.08. The van der Waals surface area contributed by atoms with Crippen LogP contribution in [0, 0.1) is 13.8 Å². The van der Waals surface area contributed by atoms with Gasteiger partial charge in [-0.05, 0) is 43.5 Å². The Kier molecular flexibility index (Phi) is 5.06. The van der Waals surface area contributed by atoms with E-state index in [1.165, 1.54) is 21.6 Å². The third-order valence-corrected chi connectivity index (χ3v) is 4.34. The molecule has 2 heteroatoms. The smallest absolute Gasteiger partial charge is 0.0674 e. The zero-order chi connectivity index (χ0) is 13.7. The average molecular weight is 272 g/mol. The molecule has 1 nitrogen and oxygen atoms in total. The maximum Gasteiger partial charge on any atom is 0.0674 e. The molecule has 1 atom stereocenters. The van der Waals surface area contributed by atoms with Gasteiger partial charge in [0.05, 0.1) is 6.10 Å². The molecule has 0 aliphatic heterocycles. The van der Waals surface area contributed by atoms with E-state index in [4.69, 9.17) is 0 Å². The topological polar surface area (TPSA) is 20.2 Å². The quantitative estimate of drug-likeness (QED) is 0.830. The lowest BCUT2D eigenvalue weighted by Crippen LogP contribution is -2.14. The number of aryl methyl sites for hydroxylation is 2. The van der Waals surface area contributed by atoms with Crippen molar-refractivity contribution in [3.63, 3.8) is 0 Å². The molecular weight excluding hydrogens is 252 g/mol. The number of hydrogen-bond acceptors (Lipinski definition) is 2. The van der Waals surface area contributed by atoms with Gasteiger partial charge in [0.1, 0.15) is 0 Å². The Bertz CT molecular complexity index is 519. The molecule has 0 saturated carbocycles. The maximum atomic E-state index is 10.1. The Morgan fingerprint density at radius 1 is 1.00 bits per heavy atom. The summed E-state index contributed by atoms with van der Waals surface area (Å²) in [5, 5.41) is 10.1. The molecule has 1 N–H and O–H groups in total. The molecule has 2 aromatic carbocycles. The van der Waals surface area contributed by atoms with Crippen molar-refractivity contribution < 1.29 is 5.11 Å². The number of rotatable bonds is 5. The lowest BCUT2D eigenvalue weighted by Gasteiger charge is -2.12. The first-order chi connectivity index (χ1) is 9.15. The Balaban J connectivity index is 1.86. The summed E-state index contributed by atoms with van der Waals surface area (Å²) in [6.07, 6.45) is 0.429. The fourth-order valence-corrected chi connectivity index (χ4v) is 2.81. The standard InChI is InChI=1S/C17H20OS/c1-13-7-9-17(10-8-13)19-12-16(18)11-15-6-4-3-5-14(15)2/h3-10,16,18H,11-12H2,1-2H3.